The van der Waals surface area contributed by atoms with Crippen molar-refractivity contribution in [2.24, 2.45) is 5.92 Å². The first kappa shape index (κ1) is 24.8. The Morgan fingerprint density at radius 3 is 2.20 bits per heavy atom. The zero-order chi connectivity index (χ0) is 27.2. The molecule has 0 radical (unpaired) electrons. The van der Waals surface area contributed by atoms with Crippen LogP contribution in [0.25, 0.3) is 66.0 Å². The van der Waals surface area contributed by atoms with E-state index in [1.807, 2.05) is 24.5 Å². The van der Waals surface area contributed by atoms with Gasteiger partial charge in [0.25, 0.3) is 0 Å². The van der Waals surface area contributed by atoms with Crippen LogP contribution in [0.1, 0.15) is 46.5 Å². The Morgan fingerprint density at radius 1 is 0.700 bits per heavy atom. The molecule has 7 aromatic rings. The third-order valence-electron chi connectivity index (χ3n) is 8.65. The van der Waals surface area contributed by atoms with Gasteiger partial charge in [0.1, 0.15) is 5.82 Å². The van der Waals surface area contributed by atoms with Crippen molar-refractivity contribution in [3.63, 3.8) is 0 Å². The summed E-state index contributed by atoms with van der Waals surface area (Å²) >= 11 is 0. The Bertz CT molecular complexity index is 2010. The lowest BCUT2D eigenvalue weighted by atomic mass is 9.99. The second kappa shape index (κ2) is 10.1. The molecule has 0 N–H and O–H groups in total. The van der Waals surface area contributed by atoms with Crippen LogP contribution in [0.3, 0.4) is 0 Å². The van der Waals surface area contributed by atoms with Crippen LogP contribution < -0.4 is 0 Å². The van der Waals surface area contributed by atoms with Crippen LogP contribution in [0.2, 0.25) is 0 Å². The highest BCUT2D eigenvalue weighted by atomic mass is 15.1. The number of nitrogens with zero attached hydrogens (tertiary/aromatic N) is 5. The van der Waals surface area contributed by atoms with Gasteiger partial charge in [0, 0.05) is 63.6 Å². The lowest BCUT2D eigenvalue weighted by Gasteiger charge is -2.17. The van der Waals surface area contributed by atoms with E-state index in [1.54, 1.807) is 0 Å². The molecule has 0 bridgehead atoms. The molecular weight excluding hydrogens is 490 g/mol. The van der Waals surface area contributed by atoms with Crippen molar-refractivity contribution in [3.05, 3.63) is 79.1 Å². The molecule has 0 saturated carbocycles. The first-order valence-corrected chi connectivity index (χ1v) is 14.8. The van der Waals surface area contributed by atoms with E-state index in [4.69, 9.17) is 15.0 Å². The molecule has 0 aliphatic carbocycles. The first-order chi connectivity index (χ1) is 19.7. The summed E-state index contributed by atoms with van der Waals surface area (Å²) in [5.41, 5.74) is 7.73. The Kier molecular flexibility index (Phi) is 6.22. The number of rotatable bonds is 8. The van der Waals surface area contributed by atoms with E-state index in [0.29, 0.717) is 5.92 Å². The Labute approximate surface area is 234 Å². The average molecular weight is 526 g/mol. The number of imidazole rings is 1. The van der Waals surface area contributed by atoms with Gasteiger partial charge in [-0.1, -0.05) is 51.3 Å². The standard InChI is InChI=1S/C35H35N5/c1-4-7-12-23(5-2)22-40-29-16-9-8-13-25(29)28-21-24(17-18-30(28)40)35-38-33-26-14-10-19-36-31(26)32-27(15-11-20-37-32)34(33)39(35)6-3/h8-11,13-21,23H,4-7,12,22H2,1-3H3. The molecule has 4 aromatic heterocycles. The maximum absolute atomic E-state index is 5.31. The van der Waals surface area contributed by atoms with Crippen molar-refractivity contribution in [1.82, 2.24) is 24.1 Å². The molecule has 0 aliphatic heterocycles. The summed E-state index contributed by atoms with van der Waals surface area (Å²) in [6.45, 7) is 8.70. The number of hydrogen-bond donors (Lipinski definition) is 0. The molecule has 5 heteroatoms. The minimum Gasteiger partial charge on any atom is -0.340 e. The maximum Gasteiger partial charge on any atom is 0.141 e. The van der Waals surface area contributed by atoms with E-state index in [9.17, 15) is 0 Å². The van der Waals surface area contributed by atoms with Gasteiger partial charge >= 0.3 is 0 Å². The van der Waals surface area contributed by atoms with Crippen molar-refractivity contribution in [3.8, 4) is 11.4 Å². The average Bonchev–Trinajstić information content (AvgIpc) is 3.55. The van der Waals surface area contributed by atoms with E-state index in [2.05, 4.69) is 84.5 Å². The number of aromatic nitrogens is 5. The Morgan fingerprint density at radius 2 is 1.43 bits per heavy atom. The summed E-state index contributed by atoms with van der Waals surface area (Å²) < 4.78 is 4.91. The first-order valence-electron chi connectivity index (χ1n) is 14.8. The summed E-state index contributed by atoms with van der Waals surface area (Å²) in [6.07, 6.45) is 8.73. The highest BCUT2D eigenvalue weighted by Crippen LogP contribution is 2.38. The molecule has 0 spiro atoms. The van der Waals surface area contributed by atoms with E-state index in [0.717, 1.165) is 57.3 Å². The molecule has 0 aliphatic rings. The van der Waals surface area contributed by atoms with Gasteiger partial charge in [-0.05, 0) is 67.8 Å². The summed E-state index contributed by atoms with van der Waals surface area (Å²) in [6, 6.07) is 24.1. The molecule has 4 heterocycles. The third kappa shape index (κ3) is 3.79. The predicted molar refractivity (Wildman–Crippen MR) is 168 cm³/mol. The fraction of sp³-hybridized carbons (Fsp3) is 0.286. The summed E-state index contributed by atoms with van der Waals surface area (Å²) in [7, 11) is 0. The minimum absolute atomic E-state index is 0.687. The molecule has 0 amide bonds. The van der Waals surface area contributed by atoms with Gasteiger partial charge in [-0.3, -0.25) is 9.97 Å². The van der Waals surface area contributed by atoms with Gasteiger partial charge in [0.05, 0.1) is 22.1 Å². The van der Waals surface area contributed by atoms with E-state index >= 15 is 0 Å². The number of unbranched alkanes of at least 4 members (excludes halogenated alkanes) is 1. The van der Waals surface area contributed by atoms with Crippen LogP contribution in [-0.4, -0.2) is 24.1 Å². The SMILES string of the molecule is CCCCC(CC)Cn1c2ccccc2c2cc(-c3nc4c5cccnc5c5ncccc5c4n3CC)ccc21. The number of fused-ring (bicyclic) bond motifs is 9. The lowest BCUT2D eigenvalue weighted by molar-refractivity contribution is 0.401. The van der Waals surface area contributed by atoms with E-state index in [1.165, 1.54) is 47.5 Å². The minimum atomic E-state index is 0.687. The zero-order valence-corrected chi connectivity index (χ0v) is 23.6. The quantitative estimate of drug-likeness (QED) is 0.186. The van der Waals surface area contributed by atoms with Crippen LogP contribution in [0.15, 0.2) is 79.1 Å². The Balaban J connectivity index is 1.46. The van der Waals surface area contributed by atoms with Crippen molar-refractivity contribution in [2.45, 2.75) is 59.5 Å². The zero-order valence-electron chi connectivity index (χ0n) is 23.6. The predicted octanol–water partition coefficient (Wildman–Crippen LogP) is 9.14. The molecular formula is C35H35N5. The number of para-hydroxylation sites is 1. The highest BCUT2D eigenvalue weighted by Gasteiger charge is 2.21. The Hall–Kier alpha value is -4.25. The molecule has 3 aromatic carbocycles. The van der Waals surface area contributed by atoms with Crippen molar-refractivity contribution >= 4 is 54.6 Å². The molecule has 5 nitrogen and oxygen atoms in total. The van der Waals surface area contributed by atoms with Gasteiger partial charge in [-0.15, -0.1) is 0 Å². The molecule has 0 fully saturated rings. The van der Waals surface area contributed by atoms with Gasteiger partial charge in [-0.25, -0.2) is 4.98 Å². The van der Waals surface area contributed by atoms with Crippen molar-refractivity contribution in [1.29, 1.82) is 0 Å². The highest BCUT2D eigenvalue weighted by molar-refractivity contribution is 6.21. The monoisotopic (exact) mass is 525 g/mol. The van der Waals surface area contributed by atoms with Crippen LogP contribution in [0.4, 0.5) is 0 Å². The van der Waals surface area contributed by atoms with Gasteiger partial charge in [0.2, 0.25) is 0 Å². The van der Waals surface area contributed by atoms with Gasteiger partial charge < -0.3 is 9.13 Å². The van der Waals surface area contributed by atoms with Crippen LogP contribution >= 0.6 is 0 Å². The van der Waals surface area contributed by atoms with Crippen LogP contribution in [0, 0.1) is 5.92 Å². The number of aryl methyl sites for hydroxylation is 1. The number of benzene rings is 3. The third-order valence-corrected chi connectivity index (χ3v) is 8.65. The van der Waals surface area contributed by atoms with Crippen LogP contribution in [-0.2, 0) is 13.1 Å². The summed E-state index contributed by atoms with van der Waals surface area (Å²) in [4.78, 5) is 14.8. The van der Waals surface area contributed by atoms with Crippen molar-refractivity contribution in [2.75, 3.05) is 0 Å². The topological polar surface area (TPSA) is 48.5 Å². The lowest BCUT2D eigenvalue weighted by Crippen LogP contribution is -2.10. The van der Waals surface area contributed by atoms with Gasteiger partial charge in [-0.2, -0.15) is 0 Å². The molecule has 7 rings (SSSR count). The summed E-state index contributed by atoms with van der Waals surface area (Å²) in [5.74, 6) is 1.68. The summed E-state index contributed by atoms with van der Waals surface area (Å²) in [5, 5.41) is 4.76. The smallest absolute Gasteiger partial charge is 0.141 e. The fourth-order valence-electron chi connectivity index (χ4n) is 6.58. The largest absolute Gasteiger partial charge is 0.340 e. The van der Waals surface area contributed by atoms with Gasteiger partial charge in [0.15, 0.2) is 0 Å². The molecule has 0 saturated heterocycles. The maximum atomic E-state index is 5.31. The second-order valence-electron chi connectivity index (χ2n) is 11.0. The fourth-order valence-corrected chi connectivity index (χ4v) is 6.58. The normalized spacial score (nSPS) is 12.9. The molecule has 1 atom stereocenters. The number of hydrogen-bond acceptors (Lipinski definition) is 3. The van der Waals surface area contributed by atoms with Crippen molar-refractivity contribution < 1.29 is 0 Å². The number of pyridine rings is 2. The molecule has 200 valence electrons. The second-order valence-corrected chi connectivity index (χ2v) is 11.0. The van der Waals surface area contributed by atoms with Crippen LogP contribution in [0.5, 0.6) is 0 Å². The molecule has 40 heavy (non-hydrogen) atoms. The van der Waals surface area contributed by atoms with E-state index < -0.39 is 0 Å². The van der Waals surface area contributed by atoms with E-state index in [-0.39, 0.29) is 0 Å². The molecule has 1 unspecified atom stereocenters.